The van der Waals surface area contributed by atoms with Gasteiger partial charge in [-0.05, 0) is 30.5 Å². The molecule has 0 bridgehead atoms. The van der Waals surface area contributed by atoms with Gasteiger partial charge in [0.05, 0.1) is 23.6 Å². The topological polar surface area (TPSA) is 55.6 Å². The molecule has 1 heterocycles. The normalized spacial score (nSPS) is 18.2. The summed E-state index contributed by atoms with van der Waals surface area (Å²) in [6.45, 7) is 5.75. The van der Waals surface area contributed by atoms with Crippen LogP contribution in [0.4, 0.5) is 4.39 Å². The van der Waals surface area contributed by atoms with E-state index in [0.717, 1.165) is 5.56 Å². The molecule has 2 N–H and O–H groups in total. The van der Waals surface area contributed by atoms with Crippen molar-refractivity contribution in [3.8, 4) is 0 Å². The summed E-state index contributed by atoms with van der Waals surface area (Å²) in [7, 11) is 0. The van der Waals surface area contributed by atoms with Crippen molar-refractivity contribution in [1.82, 2.24) is 4.90 Å². The fraction of sp³-hybridized carbons (Fsp3) is 0.588. The molecule has 1 aromatic carbocycles. The molecule has 0 spiro atoms. The number of ether oxygens (including phenoxy) is 1. The number of nitrogens with zero attached hydrogens (tertiary/aromatic N) is 1. The highest BCUT2D eigenvalue weighted by molar-refractivity contribution is 6.30. The third-order valence-electron chi connectivity index (χ3n) is 4.87. The SMILES string of the molecule is CCC(CC)(CN)C(=O)N1CCOC(c2ccc(F)c(Cl)c2)C1.Cl. The number of hydrogen-bond acceptors (Lipinski definition) is 3. The van der Waals surface area contributed by atoms with Gasteiger partial charge in [-0.3, -0.25) is 4.79 Å². The maximum absolute atomic E-state index is 13.3. The Kier molecular flexibility index (Phi) is 7.93. The predicted molar refractivity (Wildman–Crippen MR) is 96.0 cm³/mol. The predicted octanol–water partition coefficient (Wildman–Crippen LogP) is 3.57. The van der Waals surface area contributed by atoms with Gasteiger partial charge in [-0.25, -0.2) is 4.39 Å². The third kappa shape index (κ3) is 4.20. The molecule has 0 saturated carbocycles. The van der Waals surface area contributed by atoms with Crippen LogP contribution >= 0.6 is 24.0 Å². The molecule has 1 amide bonds. The van der Waals surface area contributed by atoms with E-state index in [9.17, 15) is 9.18 Å². The zero-order valence-corrected chi connectivity index (χ0v) is 15.6. The lowest BCUT2D eigenvalue weighted by Gasteiger charge is -2.39. The molecule has 0 radical (unpaired) electrons. The number of carbonyl (C=O) groups excluding carboxylic acids is 1. The van der Waals surface area contributed by atoms with Crippen LogP contribution in [0.5, 0.6) is 0 Å². The summed E-state index contributed by atoms with van der Waals surface area (Å²) in [5.74, 6) is -0.384. The molecule has 0 aliphatic carbocycles. The van der Waals surface area contributed by atoms with Gasteiger partial charge in [0.1, 0.15) is 11.9 Å². The molecule has 1 fully saturated rings. The van der Waals surface area contributed by atoms with E-state index in [4.69, 9.17) is 22.1 Å². The van der Waals surface area contributed by atoms with E-state index < -0.39 is 11.2 Å². The molecule has 2 rings (SSSR count). The van der Waals surface area contributed by atoms with E-state index in [-0.39, 0.29) is 29.4 Å². The van der Waals surface area contributed by atoms with Crippen LogP contribution in [0.1, 0.15) is 38.4 Å². The summed E-state index contributed by atoms with van der Waals surface area (Å²) < 4.78 is 19.1. The first kappa shape index (κ1) is 21.2. The lowest BCUT2D eigenvalue weighted by atomic mass is 9.80. The molecule has 24 heavy (non-hydrogen) atoms. The van der Waals surface area contributed by atoms with Gasteiger partial charge >= 0.3 is 0 Å². The Morgan fingerprint density at radius 1 is 1.46 bits per heavy atom. The van der Waals surface area contributed by atoms with Gasteiger partial charge in [-0.2, -0.15) is 0 Å². The smallest absolute Gasteiger partial charge is 0.230 e. The number of amides is 1. The number of halogens is 3. The Balaban J connectivity index is 0.00000288. The second-order valence-corrected chi connectivity index (χ2v) is 6.38. The summed E-state index contributed by atoms with van der Waals surface area (Å²) in [6, 6.07) is 4.53. The number of morpholine rings is 1. The molecular formula is C17H25Cl2FN2O2. The molecule has 136 valence electrons. The highest BCUT2D eigenvalue weighted by Crippen LogP contribution is 2.31. The summed E-state index contributed by atoms with van der Waals surface area (Å²) in [5, 5.41) is 0.0629. The van der Waals surface area contributed by atoms with E-state index in [1.165, 1.54) is 6.07 Å². The van der Waals surface area contributed by atoms with E-state index in [0.29, 0.717) is 39.1 Å². The summed E-state index contributed by atoms with van der Waals surface area (Å²) >= 11 is 5.84. The Hall–Kier alpha value is -0.880. The molecule has 1 saturated heterocycles. The minimum Gasteiger partial charge on any atom is -0.370 e. The van der Waals surface area contributed by atoms with E-state index in [1.807, 2.05) is 18.7 Å². The van der Waals surface area contributed by atoms with Gasteiger partial charge in [0.2, 0.25) is 5.91 Å². The van der Waals surface area contributed by atoms with Crippen molar-refractivity contribution in [1.29, 1.82) is 0 Å². The zero-order chi connectivity index (χ0) is 17.0. The minimum atomic E-state index is -0.512. The number of benzene rings is 1. The number of nitrogens with two attached hydrogens (primary N) is 1. The lowest BCUT2D eigenvalue weighted by Crippen LogP contribution is -2.51. The van der Waals surface area contributed by atoms with Gasteiger partial charge in [-0.15, -0.1) is 12.4 Å². The lowest BCUT2D eigenvalue weighted by molar-refractivity contribution is -0.150. The first-order valence-electron chi connectivity index (χ1n) is 8.03. The quantitative estimate of drug-likeness (QED) is 0.851. The molecule has 4 nitrogen and oxygen atoms in total. The summed E-state index contributed by atoms with van der Waals surface area (Å²) in [6.07, 6.45) is 1.13. The van der Waals surface area contributed by atoms with Crippen molar-refractivity contribution in [3.05, 3.63) is 34.6 Å². The van der Waals surface area contributed by atoms with Crippen LogP contribution in [-0.2, 0) is 9.53 Å². The van der Waals surface area contributed by atoms with Gasteiger partial charge in [-0.1, -0.05) is 31.5 Å². The number of hydrogen-bond donors (Lipinski definition) is 1. The molecule has 7 heteroatoms. The fourth-order valence-electron chi connectivity index (χ4n) is 3.01. The van der Waals surface area contributed by atoms with Gasteiger partial charge in [0, 0.05) is 13.1 Å². The summed E-state index contributed by atoms with van der Waals surface area (Å²) in [4.78, 5) is 14.7. The van der Waals surface area contributed by atoms with E-state index in [2.05, 4.69) is 0 Å². The van der Waals surface area contributed by atoms with Gasteiger partial charge < -0.3 is 15.4 Å². The van der Waals surface area contributed by atoms with Crippen molar-refractivity contribution in [3.63, 3.8) is 0 Å². The van der Waals surface area contributed by atoms with E-state index in [1.54, 1.807) is 12.1 Å². The van der Waals surface area contributed by atoms with Crippen molar-refractivity contribution in [2.24, 2.45) is 11.1 Å². The Bertz CT molecular complexity index is 559. The average Bonchev–Trinajstić information content (AvgIpc) is 2.59. The minimum absolute atomic E-state index is 0. The summed E-state index contributed by atoms with van der Waals surface area (Å²) in [5.41, 5.74) is 6.15. The Labute approximate surface area is 153 Å². The highest BCUT2D eigenvalue weighted by Gasteiger charge is 2.38. The van der Waals surface area contributed by atoms with E-state index >= 15 is 0 Å². The largest absolute Gasteiger partial charge is 0.370 e. The average molecular weight is 379 g/mol. The molecule has 1 aromatic rings. The van der Waals surface area contributed by atoms with Crippen LogP contribution in [-0.4, -0.2) is 37.0 Å². The first-order valence-corrected chi connectivity index (χ1v) is 8.41. The number of carbonyl (C=O) groups is 1. The van der Waals surface area contributed by atoms with Crippen LogP contribution in [0.15, 0.2) is 18.2 Å². The molecule has 1 aliphatic rings. The standard InChI is InChI=1S/C17H24ClFN2O2.ClH/c1-3-17(4-2,11-20)16(22)21-7-8-23-15(10-21)12-5-6-14(19)13(18)9-12;/h5-6,9,15H,3-4,7-8,10-11,20H2,1-2H3;1H. The molecule has 0 aromatic heterocycles. The van der Waals surface area contributed by atoms with Crippen LogP contribution in [0.3, 0.4) is 0 Å². The van der Waals surface area contributed by atoms with Crippen molar-refractivity contribution >= 4 is 29.9 Å². The number of rotatable bonds is 5. The second kappa shape index (κ2) is 8.99. The van der Waals surface area contributed by atoms with Crippen molar-refractivity contribution in [2.45, 2.75) is 32.8 Å². The first-order chi connectivity index (χ1) is 11.0. The molecule has 1 unspecified atom stereocenters. The van der Waals surface area contributed by atoms with Crippen LogP contribution in [0.25, 0.3) is 0 Å². The Morgan fingerprint density at radius 3 is 2.67 bits per heavy atom. The van der Waals surface area contributed by atoms with Crippen molar-refractivity contribution in [2.75, 3.05) is 26.2 Å². The van der Waals surface area contributed by atoms with Gasteiger partial charge in [0.15, 0.2) is 0 Å². The van der Waals surface area contributed by atoms with Crippen LogP contribution in [0.2, 0.25) is 5.02 Å². The zero-order valence-electron chi connectivity index (χ0n) is 14.1. The fourth-order valence-corrected chi connectivity index (χ4v) is 3.20. The monoisotopic (exact) mass is 378 g/mol. The Morgan fingerprint density at radius 2 is 2.12 bits per heavy atom. The van der Waals surface area contributed by atoms with Crippen molar-refractivity contribution < 1.29 is 13.9 Å². The molecule has 1 atom stereocenters. The van der Waals surface area contributed by atoms with Crippen LogP contribution < -0.4 is 5.73 Å². The highest BCUT2D eigenvalue weighted by atomic mass is 35.5. The van der Waals surface area contributed by atoms with Gasteiger partial charge in [0.25, 0.3) is 0 Å². The maximum Gasteiger partial charge on any atom is 0.230 e. The maximum atomic E-state index is 13.3. The molecular weight excluding hydrogens is 354 g/mol. The molecule has 1 aliphatic heterocycles. The third-order valence-corrected chi connectivity index (χ3v) is 5.16. The second-order valence-electron chi connectivity index (χ2n) is 5.98. The van der Waals surface area contributed by atoms with Crippen LogP contribution in [0, 0.1) is 11.2 Å².